The molecule has 0 saturated carbocycles. The number of ether oxygens (including phenoxy) is 1. The maximum absolute atomic E-state index is 12.3. The van der Waals surface area contributed by atoms with E-state index in [1.807, 2.05) is 27.7 Å². The number of hydrogen-bond donors (Lipinski definition) is 0. The minimum absolute atomic E-state index is 0.137. The lowest BCUT2D eigenvalue weighted by Crippen LogP contribution is -2.39. The molecule has 0 aromatic rings. The third kappa shape index (κ3) is 2.79. The van der Waals surface area contributed by atoms with E-state index in [0.29, 0.717) is 13.1 Å². The van der Waals surface area contributed by atoms with E-state index >= 15 is 0 Å². The van der Waals surface area contributed by atoms with Crippen LogP contribution >= 0.6 is 0 Å². The molecule has 1 saturated heterocycles. The lowest BCUT2D eigenvalue weighted by Gasteiger charge is -2.28. The molecule has 0 aromatic heterocycles. The summed E-state index contributed by atoms with van der Waals surface area (Å²) >= 11 is 0. The molecule has 0 aromatic carbocycles. The fourth-order valence-electron chi connectivity index (χ4n) is 2.17. The fraction of sp³-hybridized carbons (Fsp3) is 0.846. The Balaban J connectivity index is 2.72. The van der Waals surface area contributed by atoms with E-state index in [4.69, 9.17) is 4.74 Å². The van der Waals surface area contributed by atoms with Gasteiger partial charge in [0, 0.05) is 18.5 Å². The highest BCUT2D eigenvalue weighted by molar-refractivity contribution is 5.83. The van der Waals surface area contributed by atoms with Crippen LogP contribution in [0.4, 0.5) is 0 Å². The van der Waals surface area contributed by atoms with Gasteiger partial charge in [-0.3, -0.25) is 9.59 Å². The van der Waals surface area contributed by atoms with Gasteiger partial charge in [0.15, 0.2) is 0 Å². The highest BCUT2D eigenvalue weighted by atomic mass is 16.5. The van der Waals surface area contributed by atoms with Crippen LogP contribution in [0.2, 0.25) is 0 Å². The van der Waals surface area contributed by atoms with Gasteiger partial charge in [0.05, 0.1) is 13.0 Å². The van der Waals surface area contributed by atoms with Gasteiger partial charge < -0.3 is 9.64 Å². The molecule has 1 fully saturated rings. The molecule has 1 rings (SSSR count). The second-order valence-corrected chi connectivity index (χ2v) is 5.55. The van der Waals surface area contributed by atoms with Crippen LogP contribution in [0.5, 0.6) is 0 Å². The Morgan fingerprint density at radius 2 is 1.94 bits per heavy atom. The average molecular weight is 241 g/mol. The molecule has 0 radical (unpaired) electrons. The first-order valence-corrected chi connectivity index (χ1v) is 6.20. The Morgan fingerprint density at radius 1 is 1.35 bits per heavy atom. The zero-order valence-electron chi connectivity index (χ0n) is 11.4. The number of methoxy groups -OCH3 is 1. The third-order valence-corrected chi connectivity index (χ3v) is 3.87. The standard InChI is InChI=1S/C13H23NO3/c1-6-13(3,4)12(16)14-7-9(2)10(8-14)11(15)17-5/h9-10H,6-8H2,1-5H3. The molecule has 2 unspecified atom stereocenters. The Labute approximate surface area is 103 Å². The molecule has 0 aliphatic carbocycles. The minimum Gasteiger partial charge on any atom is -0.469 e. The molecular formula is C13H23NO3. The first-order valence-electron chi connectivity index (χ1n) is 6.20. The summed E-state index contributed by atoms with van der Waals surface area (Å²) in [4.78, 5) is 25.6. The minimum atomic E-state index is -0.343. The monoisotopic (exact) mass is 241 g/mol. The van der Waals surface area contributed by atoms with E-state index in [1.165, 1.54) is 7.11 Å². The molecule has 17 heavy (non-hydrogen) atoms. The maximum atomic E-state index is 12.3. The van der Waals surface area contributed by atoms with E-state index in [0.717, 1.165) is 6.42 Å². The van der Waals surface area contributed by atoms with Gasteiger partial charge >= 0.3 is 5.97 Å². The number of esters is 1. The summed E-state index contributed by atoms with van der Waals surface area (Å²) in [6.45, 7) is 9.05. The van der Waals surface area contributed by atoms with Crippen LogP contribution < -0.4 is 0 Å². The fourth-order valence-corrected chi connectivity index (χ4v) is 2.17. The quantitative estimate of drug-likeness (QED) is 0.706. The SMILES string of the molecule is CCC(C)(C)C(=O)N1CC(C)C(C(=O)OC)C1. The Bertz CT molecular complexity index is 312. The number of carbonyl (C=O) groups excluding carboxylic acids is 2. The van der Waals surface area contributed by atoms with E-state index in [9.17, 15) is 9.59 Å². The van der Waals surface area contributed by atoms with Crippen LogP contribution in [-0.4, -0.2) is 37.0 Å². The lowest BCUT2D eigenvalue weighted by atomic mass is 9.88. The molecular weight excluding hydrogens is 218 g/mol. The molecule has 1 amide bonds. The predicted octanol–water partition coefficient (Wildman–Crippen LogP) is 1.69. The molecule has 4 heteroatoms. The van der Waals surface area contributed by atoms with Crippen molar-refractivity contribution >= 4 is 11.9 Å². The summed E-state index contributed by atoms with van der Waals surface area (Å²) in [5.74, 6) is -0.0592. The molecule has 2 atom stereocenters. The largest absolute Gasteiger partial charge is 0.469 e. The second-order valence-electron chi connectivity index (χ2n) is 5.55. The van der Waals surface area contributed by atoms with Crippen molar-refractivity contribution in [2.75, 3.05) is 20.2 Å². The molecule has 0 spiro atoms. The van der Waals surface area contributed by atoms with Crippen molar-refractivity contribution in [2.24, 2.45) is 17.3 Å². The van der Waals surface area contributed by atoms with Crippen LogP contribution in [0.15, 0.2) is 0 Å². The van der Waals surface area contributed by atoms with Crippen molar-refractivity contribution in [1.29, 1.82) is 0 Å². The molecule has 1 heterocycles. The summed E-state index contributed by atoms with van der Waals surface area (Å²) in [7, 11) is 1.40. The summed E-state index contributed by atoms with van der Waals surface area (Å²) in [5.41, 5.74) is -0.343. The summed E-state index contributed by atoms with van der Waals surface area (Å²) in [6.07, 6.45) is 0.805. The van der Waals surface area contributed by atoms with Crippen molar-refractivity contribution in [3.05, 3.63) is 0 Å². The van der Waals surface area contributed by atoms with Crippen LogP contribution in [0.1, 0.15) is 34.1 Å². The van der Waals surface area contributed by atoms with E-state index < -0.39 is 0 Å². The van der Waals surface area contributed by atoms with Crippen LogP contribution in [0.3, 0.4) is 0 Å². The van der Waals surface area contributed by atoms with Gasteiger partial charge in [-0.25, -0.2) is 0 Å². The Hall–Kier alpha value is -1.06. The summed E-state index contributed by atoms with van der Waals surface area (Å²) in [6, 6.07) is 0. The normalized spacial score (nSPS) is 24.9. The first-order chi connectivity index (χ1) is 7.83. The number of rotatable bonds is 3. The van der Waals surface area contributed by atoms with Crippen molar-refractivity contribution in [1.82, 2.24) is 4.90 Å². The summed E-state index contributed by atoms with van der Waals surface area (Å²) < 4.78 is 4.77. The van der Waals surface area contributed by atoms with E-state index in [-0.39, 0.29) is 29.1 Å². The molecule has 4 nitrogen and oxygen atoms in total. The summed E-state index contributed by atoms with van der Waals surface area (Å²) in [5, 5.41) is 0. The highest BCUT2D eigenvalue weighted by Gasteiger charge is 2.41. The van der Waals surface area contributed by atoms with E-state index in [2.05, 4.69) is 0 Å². The van der Waals surface area contributed by atoms with Gasteiger partial charge in [-0.1, -0.05) is 27.7 Å². The molecule has 1 aliphatic rings. The Morgan fingerprint density at radius 3 is 2.41 bits per heavy atom. The molecule has 0 N–H and O–H groups in total. The lowest BCUT2D eigenvalue weighted by molar-refractivity contribution is -0.146. The van der Waals surface area contributed by atoms with Crippen molar-refractivity contribution < 1.29 is 14.3 Å². The van der Waals surface area contributed by atoms with Crippen molar-refractivity contribution in [2.45, 2.75) is 34.1 Å². The van der Waals surface area contributed by atoms with Gasteiger partial charge in [0.2, 0.25) is 5.91 Å². The van der Waals surface area contributed by atoms with Gasteiger partial charge in [0.25, 0.3) is 0 Å². The van der Waals surface area contributed by atoms with Gasteiger partial charge in [0.1, 0.15) is 0 Å². The topological polar surface area (TPSA) is 46.6 Å². The van der Waals surface area contributed by atoms with Crippen molar-refractivity contribution in [3.63, 3.8) is 0 Å². The zero-order chi connectivity index (χ0) is 13.2. The van der Waals surface area contributed by atoms with Crippen LogP contribution in [-0.2, 0) is 14.3 Å². The van der Waals surface area contributed by atoms with Gasteiger partial charge in [-0.05, 0) is 12.3 Å². The molecule has 1 aliphatic heterocycles. The van der Waals surface area contributed by atoms with Gasteiger partial charge in [-0.15, -0.1) is 0 Å². The molecule has 0 bridgehead atoms. The smallest absolute Gasteiger partial charge is 0.310 e. The van der Waals surface area contributed by atoms with Gasteiger partial charge in [-0.2, -0.15) is 0 Å². The third-order valence-electron chi connectivity index (χ3n) is 3.87. The van der Waals surface area contributed by atoms with Crippen LogP contribution in [0.25, 0.3) is 0 Å². The zero-order valence-corrected chi connectivity index (χ0v) is 11.4. The highest BCUT2D eigenvalue weighted by Crippen LogP contribution is 2.30. The first kappa shape index (κ1) is 14.0. The maximum Gasteiger partial charge on any atom is 0.310 e. The molecule has 98 valence electrons. The van der Waals surface area contributed by atoms with E-state index in [1.54, 1.807) is 4.90 Å². The van der Waals surface area contributed by atoms with Crippen LogP contribution in [0, 0.1) is 17.3 Å². The van der Waals surface area contributed by atoms with Crippen molar-refractivity contribution in [3.8, 4) is 0 Å². The average Bonchev–Trinajstić information content (AvgIpc) is 2.69. The Kier molecular flexibility index (Phi) is 4.17. The predicted molar refractivity (Wildman–Crippen MR) is 65.3 cm³/mol. The number of likely N-dealkylation sites (tertiary alicyclic amines) is 1. The number of carbonyl (C=O) groups is 2. The number of nitrogens with zero attached hydrogens (tertiary/aromatic N) is 1. The number of amides is 1. The second kappa shape index (κ2) is 5.07. The number of hydrogen-bond acceptors (Lipinski definition) is 3.